The molecule has 0 aliphatic carbocycles. The van der Waals surface area contributed by atoms with E-state index in [2.05, 4.69) is 36.2 Å². The minimum Gasteiger partial charge on any atom is -0.441 e. The lowest BCUT2D eigenvalue weighted by Gasteiger charge is -1.98. The van der Waals surface area contributed by atoms with Gasteiger partial charge in [-0.3, -0.25) is 0 Å². The highest BCUT2D eigenvalue weighted by Crippen LogP contribution is 2.17. The second kappa shape index (κ2) is 13.4. The summed E-state index contributed by atoms with van der Waals surface area (Å²) in [7, 11) is 0. The highest BCUT2D eigenvalue weighted by Gasteiger charge is 2.04. The standard InChI is InChI=1S/C24H35NO/c1-2-3-4-5-6-7-8-9-10-11-12-13-14-15-16-21-24-25-22-19-17-18-20-23(22)26-24/h6-7,9-10,17-20H,2-5,8,11-16,21H2,1H3/b7-6-,10-9-. The van der Waals surface area contributed by atoms with Crippen LogP contribution in [0.15, 0.2) is 53.0 Å². The summed E-state index contributed by atoms with van der Waals surface area (Å²) in [6.45, 7) is 2.25. The number of para-hydroxylation sites is 2. The Morgan fingerprint density at radius 1 is 0.808 bits per heavy atom. The number of rotatable bonds is 14. The summed E-state index contributed by atoms with van der Waals surface area (Å²) in [5, 5.41) is 0. The molecule has 2 heteroatoms. The van der Waals surface area contributed by atoms with Crippen molar-refractivity contribution in [3.05, 3.63) is 54.5 Å². The lowest BCUT2D eigenvalue weighted by Crippen LogP contribution is -1.86. The van der Waals surface area contributed by atoms with Gasteiger partial charge in [0, 0.05) is 6.42 Å². The van der Waals surface area contributed by atoms with Gasteiger partial charge in [-0.05, 0) is 50.7 Å². The number of nitrogens with zero attached hydrogens (tertiary/aromatic N) is 1. The molecule has 0 N–H and O–H groups in total. The van der Waals surface area contributed by atoms with Crippen molar-refractivity contribution in [2.24, 2.45) is 0 Å². The van der Waals surface area contributed by atoms with Crippen LogP contribution >= 0.6 is 0 Å². The summed E-state index contributed by atoms with van der Waals surface area (Å²) in [4.78, 5) is 4.53. The van der Waals surface area contributed by atoms with Crippen LogP contribution in [0, 0.1) is 0 Å². The molecule has 142 valence electrons. The van der Waals surface area contributed by atoms with Crippen molar-refractivity contribution < 1.29 is 4.42 Å². The molecule has 1 aromatic carbocycles. The number of unbranched alkanes of at least 4 members (excludes halogenated alkanes) is 8. The fourth-order valence-corrected chi connectivity index (χ4v) is 3.11. The molecule has 2 nitrogen and oxygen atoms in total. The fraction of sp³-hybridized carbons (Fsp3) is 0.542. The molecule has 0 amide bonds. The van der Waals surface area contributed by atoms with Crippen molar-refractivity contribution in [2.75, 3.05) is 0 Å². The van der Waals surface area contributed by atoms with E-state index in [0.29, 0.717) is 0 Å². The van der Waals surface area contributed by atoms with Gasteiger partial charge in [-0.25, -0.2) is 4.98 Å². The van der Waals surface area contributed by atoms with Crippen LogP contribution in [0.4, 0.5) is 0 Å². The Morgan fingerprint density at radius 2 is 1.50 bits per heavy atom. The van der Waals surface area contributed by atoms with Gasteiger partial charge >= 0.3 is 0 Å². The van der Waals surface area contributed by atoms with Gasteiger partial charge in [-0.15, -0.1) is 0 Å². The van der Waals surface area contributed by atoms with Crippen molar-refractivity contribution in [3.8, 4) is 0 Å². The molecule has 0 radical (unpaired) electrons. The summed E-state index contributed by atoms with van der Waals surface area (Å²) >= 11 is 0. The quantitative estimate of drug-likeness (QED) is 0.256. The lowest BCUT2D eigenvalue weighted by atomic mass is 10.1. The van der Waals surface area contributed by atoms with Crippen molar-refractivity contribution >= 4 is 11.1 Å². The van der Waals surface area contributed by atoms with Gasteiger partial charge < -0.3 is 4.42 Å². The minimum atomic E-state index is 0.886. The third-order valence-corrected chi connectivity index (χ3v) is 4.68. The number of aromatic nitrogens is 1. The van der Waals surface area contributed by atoms with Crippen molar-refractivity contribution in [3.63, 3.8) is 0 Å². The third kappa shape index (κ3) is 8.51. The van der Waals surface area contributed by atoms with E-state index in [-0.39, 0.29) is 0 Å². The number of fused-ring (bicyclic) bond motifs is 1. The number of aryl methyl sites for hydroxylation is 1. The second-order valence-corrected chi connectivity index (χ2v) is 7.06. The molecule has 0 saturated carbocycles. The molecule has 0 aliphatic rings. The molecule has 0 spiro atoms. The van der Waals surface area contributed by atoms with Crippen LogP contribution in [-0.4, -0.2) is 4.98 Å². The fourth-order valence-electron chi connectivity index (χ4n) is 3.11. The minimum absolute atomic E-state index is 0.886. The Balaban J connectivity index is 1.41. The molecule has 2 rings (SSSR count). The molecule has 1 heterocycles. The molecule has 0 aliphatic heterocycles. The largest absolute Gasteiger partial charge is 0.441 e. The van der Waals surface area contributed by atoms with Crippen LogP contribution in [-0.2, 0) is 6.42 Å². The van der Waals surface area contributed by atoms with E-state index in [1.54, 1.807) is 0 Å². The molecule has 0 bridgehead atoms. The van der Waals surface area contributed by atoms with Crippen LogP contribution in [0.5, 0.6) is 0 Å². The third-order valence-electron chi connectivity index (χ3n) is 4.68. The summed E-state index contributed by atoms with van der Waals surface area (Å²) in [5.74, 6) is 0.886. The van der Waals surface area contributed by atoms with E-state index in [9.17, 15) is 0 Å². The molecule has 0 fully saturated rings. The Labute approximate surface area is 159 Å². The van der Waals surface area contributed by atoms with E-state index >= 15 is 0 Å². The van der Waals surface area contributed by atoms with Crippen molar-refractivity contribution in [1.82, 2.24) is 4.98 Å². The Hall–Kier alpha value is -1.83. The van der Waals surface area contributed by atoms with Crippen LogP contribution in [0.25, 0.3) is 11.1 Å². The lowest BCUT2D eigenvalue weighted by molar-refractivity contribution is 0.506. The molecular weight excluding hydrogens is 318 g/mol. The van der Waals surface area contributed by atoms with Gasteiger partial charge in [0.1, 0.15) is 5.52 Å². The maximum atomic E-state index is 5.76. The topological polar surface area (TPSA) is 26.0 Å². The molecule has 0 atom stereocenters. The molecule has 0 saturated heterocycles. The maximum absolute atomic E-state index is 5.76. The first kappa shape index (κ1) is 20.5. The summed E-state index contributed by atoms with van der Waals surface area (Å²) in [5.41, 5.74) is 1.88. The zero-order valence-electron chi connectivity index (χ0n) is 16.5. The first-order valence-electron chi connectivity index (χ1n) is 10.5. The average molecular weight is 354 g/mol. The van der Waals surface area contributed by atoms with E-state index in [1.807, 2.05) is 24.3 Å². The normalized spacial score (nSPS) is 12.0. The van der Waals surface area contributed by atoms with E-state index < -0.39 is 0 Å². The number of hydrogen-bond acceptors (Lipinski definition) is 2. The molecule has 1 aromatic heterocycles. The van der Waals surface area contributed by atoms with E-state index in [1.165, 1.54) is 64.2 Å². The van der Waals surface area contributed by atoms with Crippen LogP contribution < -0.4 is 0 Å². The van der Waals surface area contributed by atoms with Crippen molar-refractivity contribution in [1.29, 1.82) is 0 Å². The highest BCUT2D eigenvalue weighted by atomic mass is 16.3. The average Bonchev–Trinajstić information content (AvgIpc) is 3.07. The Morgan fingerprint density at radius 3 is 2.27 bits per heavy atom. The Kier molecular flexibility index (Phi) is 10.5. The van der Waals surface area contributed by atoms with Gasteiger partial charge in [0.05, 0.1) is 0 Å². The van der Waals surface area contributed by atoms with Crippen LogP contribution in [0.3, 0.4) is 0 Å². The van der Waals surface area contributed by atoms with Gasteiger partial charge in [0.2, 0.25) is 0 Å². The number of hydrogen-bond donors (Lipinski definition) is 0. The molecule has 2 aromatic rings. The van der Waals surface area contributed by atoms with Gasteiger partial charge in [-0.2, -0.15) is 0 Å². The van der Waals surface area contributed by atoms with Crippen molar-refractivity contribution in [2.45, 2.75) is 84.0 Å². The van der Waals surface area contributed by atoms with Gasteiger partial charge in [0.25, 0.3) is 0 Å². The summed E-state index contributed by atoms with van der Waals surface area (Å²) in [6, 6.07) is 8.00. The van der Waals surface area contributed by atoms with E-state index in [0.717, 1.165) is 29.8 Å². The zero-order chi connectivity index (χ0) is 18.3. The number of oxazole rings is 1. The number of allylic oxidation sites excluding steroid dienone is 4. The predicted octanol–water partition coefficient (Wildman–Crippen LogP) is 7.79. The van der Waals surface area contributed by atoms with Gasteiger partial charge in [0.15, 0.2) is 11.5 Å². The van der Waals surface area contributed by atoms with Crippen LogP contribution in [0.2, 0.25) is 0 Å². The smallest absolute Gasteiger partial charge is 0.195 e. The first-order chi connectivity index (χ1) is 12.9. The first-order valence-corrected chi connectivity index (χ1v) is 10.5. The maximum Gasteiger partial charge on any atom is 0.195 e. The van der Waals surface area contributed by atoms with Crippen LogP contribution in [0.1, 0.15) is 83.4 Å². The molecule has 26 heavy (non-hydrogen) atoms. The monoisotopic (exact) mass is 353 g/mol. The highest BCUT2D eigenvalue weighted by molar-refractivity contribution is 5.72. The predicted molar refractivity (Wildman–Crippen MR) is 112 cm³/mol. The molecule has 0 unspecified atom stereocenters. The SMILES string of the molecule is CCCCC/C=C\C/C=C\CCCCCCCc1nc2ccccc2o1. The molecular formula is C24H35NO. The summed E-state index contributed by atoms with van der Waals surface area (Å²) < 4.78 is 5.76. The Bertz CT molecular complexity index is 620. The zero-order valence-corrected chi connectivity index (χ0v) is 16.5. The number of benzene rings is 1. The van der Waals surface area contributed by atoms with Gasteiger partial charge in [-0.1, -0.05) is 75.5 Å². The second-order valence-electron chi connectivity index (χ2n) is 7.06. The van der Waals surface area contributed by atoms with E-state index in [4.69, 9.17) is 4.42 Å². The summed E-state index contributed by atoms with van der Waals surface area (Å²) in [6.07, 6.45) is 24.2.